The van der Waals surface area contributed by atoms with Gasteiger partial charge in [-0.2, -0.15) is 0 Å². The first kappa shape index (κ1) is 23.9. The number of aliphatic hydroxyl groups is 2. The number of nitrogens with zero attached hydrogens (tertiary/aromatic N) is 4. The van der Waals surface area contributed by atoms with E-state index in [4.69, 9.17) is 5.11 Å². The lowest BCUT2D eigenvalue weighted by molar-refractivity contribution is -0.184. The summed E-state index contributed by atoms with van der Waals surface area (Å²) in [6.45, 7) is 2.16. The molecule has 29 heavy (non-hydrogen) atoms. The van der Waals surface area contributed by atoms with E-state index >= 15 is 0 Å². The van der Waals surface area contributed by atoms with Crippen molar-refractivity contribution in [2.24, 2.45) is 21.1 Å². The second-order valence-electron chi connectivity index (χ2n) is 6.37. The van der Waals surface area contributed by atoms with E-state index in [2.05, 4.69) is 9.72 Å². The Labute approximate surface area is 165 Å². The molecule has 0 fully saturated rings. The molecule has 0 aliphatic rings. The van der Waals surface area contributed by atoms with Crippen molar-refractivity contribution < 1.29 is 29.3 Å². The first-order chi connectivity index (χ1) is 13.3. The Morgan fingerprint density at radius 3 is 2.03 bits per heavy atom. The lowest BCUT2D eigenvalue weighted by atomic mass is 9.88. The standard InChI is InChI=1S/C9H14O6.C8H10N4O2/c1-5(11)9(6(2)12,8(14)4-10)15-7(3)13;1-10-4-9-6-5(10)7(13)12(3)8(14)11(6)2/h8,10,14H,4H2,1-3H3;4H,1-3H3. The molecule has 0 bridgehead atoms. The molecule has 2 heterocycles. The van der Waals surface area contributed by atoms with Gasteiger partial charge in [-0.3, -0.25) is 28.3 Å². The molecule has 0 aromatic carbocycles. The smallest absolute Gasteiger partial charge is 0.332 e. The molecule has 12 nitrogen and oxygen atoms in total. The van der Waals surface area contributed by atoms with Gasteiger partial charge in [0.1, 0.15) is 6.10 Å². The van der Waals surface area contributed by atoms with Crippen LogP contribution in [0.5, 0.6) is 0 Å². The summed E-state index contributed by atoms with van der Waals surface area (Å²) in [5, 5.41) is 18.1. The molecule has 160 valence electrons. The van der Waals surface area contributed by atoms with E-state index in [1.165, 1.54) is 17.9 Å². The second-order valence-corrected chi connectivity index (χ2v) is 6.37. The van der Waals surface area contributed by atoms with Gasteiger partial charge in [-0.15, -0.1) is 0 Å². The first-order valence-electron chi connectivity index (χ1n) is 8.40. The fourth-order valence-electron chi connectivity index (χ4n) is 2.76. The predicted molar refractivity (Wildman–Crippen MR) is 100 cm³/mol. The largest absolute Gasteiger partial charge is 0.440 e. The topological polar surface area (TPSA) is 163 Å². The number of imidazole rings is 1. The number of hydrogen-bond donors (Lipinski definition) is 2. The Kier molecular flexibility index (Phi) is 7.36. The van der Waals surface area contributed by atoms with Crippen molar-refractivity contribution in [1.29, 1.82) is 0 Å². The number of aromatic nitrogens is 4. The Morgan fingerprint density at radius 1 is 1.10 bits per heavy atom. The van der Waals surface area contributed by atoms with Crippen molar-refractivity contribution in [1.82, 2.24) is 18.7 Å². The predicted octanol–water partition coefficient (Wildman–Crippen LogP) is -2.21. The third-order valence-electron chi connectivity index (χ3n) is 4.31. The Balaban J connectivity index is 0.000000290. The Morgan fingerprint density at radius 2 is 1.62 bits per heavy atom. The molecule has 1 unspecified atom stereocenters. The van der Waals surface area contributed by atoms with E-state index in [9.17, 15) is 29.1 Å². The number of Topliss-reactive ketones (excluding diaryl/α,β-unsaturated/α-hetero) is 2. The number of aryl methyl sites for hydroxylation is 2. The van der Waals surface area contributed by atoms with Crippen LogP contribution in [0.3, 0.4) is 0 Å². The van der Waals surface area contributed by atoms with Gasteiger partial charge in [0.15, 0.2) is 22.7 Å². The molecule has 12 heteroatoms. The highest BCUT2D eigenvalue weighted by molar-refractivity contribution is 6.10. The van der Waals surface area contributed by atoms with E-state index in [0.717, 1.165) is 25.3 Å². The maximum atomic E-state index is 11.7. The Bertz CT molecular complexity index is 1050. The van der Waals surface area contributed by atoms with Crippen LogP contribution in [0.2, 0.25) is 0 Å². The quantitative estimate of drug-likeness (QED) is 0.409. The molecule has 0 aliphatic carbocycles. The maximum absolute atomic E-state index is 11.7. The molecular formula is C17H24N4O8. The van der Waals surface area contributed by atoms with Crippen LogP contribution in [0.4, 0.5) is 0 Å². The molecule has 1 atom stereocenters. The minimum Gasteiger partial charge on any atom is -0.440 e. The molecule has 2 rings (SSSR count). The average Bonchev–Trinajstić information content (AvgIpc) is 3.03. The van der Waals surface area contributed by atoms with E-state index in [1.807, 2.05) is 0 Å². The van der Waals surface area contributed by atoms with Gasteiger partial charge in [-0.25, -0.2) is 9.78 Å². The van der Waals surface area contributed by atoms with Crippen LogP contribution in [0.1, 0.15) is 20.8 Å². The van der Waals surface area contributed by atoms with Crippen LogP contribution in [0.15, 0.2) is 15.9 Å². The molecule has 0 saturated carbocycles. The number of carbonyl (C=O) groups excluding carboxylic acids is 3. The SMILES string of the molecule is CC(=O)OC(C(C)=O)(C(C)=O)C(O)CO.Cn1c(=O)c2c(ncn2C)n(C)c1=O. The zero-order valence-electron chi connectivity index (χ0n) is 17.0. The molecule has 0 amide bonds. The van der Waals surface area contributed by atoms with Crippen LogP contribution < -0.4 is 11.2 Å². The summed E-state index contributed by atoms with van der Waals surface area (Å²) in [5.74, 6) is -2.54. The summed E-state index contributed by atoms with van der Waals surface area (Å²) in [7, 11) is 4.77. The summed E-state index contributed by atoms with van der Waals surface area (Å²) in [6.07, 6.45) is -0.234. The molecule has 2 aromatic rings. The highest BCUT2D eigenvalue weighted by atomic mass is 16.6. The second kappa shape index (κ2) is 8.92. The summed E-state index contributed by atoms with van der Waals surface area (Å²) < 4.78 is 8.61. The molecule has 0 aliphatic heterocycles. The minimum absolute atomic E-state index is 0.317. The van der Waals surface area contributed by atoms with Gasteiger partial charge in [0, 0.05) is 28.1 Å². The third kappa shape index (κ3) is 4.32. The minimum atomic E-state index is -2.29. The number of ether oxygens (including phenoxy) is 1. The zero-order chi connectivity index (χ0) is 22.7. The fraction of sp³-hybridized carbons (Fsp3) is 0.529. The summed E-state index contributed by atoms with van der Waals surface area (Å²) in [5.41, 5.74) is -2.11. The number of ketones is 2. The van der Waals surface area contributed by atoms with Crippen molar-refractivity contribution in [2.75, 3.05) is 6.61 Å². The lowest BCUT2D eigenvalue weighted by Gasteiger charge is -2.31. The number of fused-ring (bicyclic) bond motifs is 1. The summed E-state index contributed by atoms with van der Waals surface area (Å²) in [6, 6.07) is 0. The molecule has 0 saturated heterocycles. The molecule has 0 radical (unpaired) electrons. The van der Waals surface area contributed by atoms with Crippen LogP contribution >= 0.6 is 0 Å². The van der Waals surface area contributed by atoms with Crippen LogP contribution in [0.25, 0.3) is 11.2 Å². The number of esters is 1. The number of aliphatic hydroxyl groups excluding tert-OH is 2. The normalized spacial score (nSPS) is 12.1. The lowest BCUT2D eigenvalue weighted by Crippen LogP contribution is -2.58. The highest BCUT2D eigenvalue weighted by Gasteiger charge is 2.50. The van der Waals surface area contributed by atoms with Gasteiger partial charge in [-0.05, 0) is 13.8 Å². The first-order valence-corrected chi connectivity index (χ1v) is 8.40. The molecule has 2 N–H and O–H groups in total. The van der Waals surface area contributed by atoms with Crippen LogP contribution in [-0.2, 0) is 40.3 Å². The van der Waals surface area contributed by atoms with Gasteiger partial charge in [0.25, 0.3) is 11.2 Å². The van der Waals surface area contributed by atoms with Crippen LogP contribution in [-0.4, -0.2) is 64.7 Å². The summed E-state index contributed by atoms with van der Waals surface area (Å²) >= 11 is 0. The van der Waals surface area contributed by atoms with E-state index < -0.39 is 35.8 Å². The van der Waals surface area contributed by atoms with Gasteiger partial charge in [-0.1, -0.05) is 0 Å². The van der Waals surface area contributed by atoms with Crippen molar-refractivity contribution in [3.63, 3.8) is 0 Å². The van der Waals surface area contributed by atoms with Crippen molar-refractivity contribution in [3.8, 4) is 0 Å². The Hall–Kier alpha value is -3.12. The summed E-state index contributed by atoms with van der Waals surface area (Å²) in [4.78, 5) is 60.5. The number of carbonyl (C=O) groups is 3. The highest BCUT2D eigenvalue weighted by Crippen LogP contribution is 2.20. The van der Waals surface area contributed by atoms with Crippen LogP contribution in [0, 0.1) is 0 Å². The number of hydrogen-bond acceptors (Lipinski definition) is 9. The fourth-order valence-corrected chi connectivity index (χ4v) is 2.76. The van der Waals surface area contributed by atoms with Gasteiger partial charge in [0.2, 0.25) is 0 Å². The van der Waals surface area contributed by atoms with Gasteiger partial charge in [0.05, 0.1) is 12.9 Å². The monoisotopic (exact) mass is 412 g/mol. The molecular weight excluding hydrogens is 388 g/mol. The van der Waals surface area contributed by atoms with Gasteiger partial charge >= 0.3 is 11.7 Å². The average molecular weight is 412 g/mol. The van der Waals surface area contributed by atoms with Gasteiger partial charge < -0.3 is 19.5 Å². The number of rotatable bonds is 5. The van der Waals surface area contributed by atoms with E-state index in [0.29, 0.717) is 11.2 Å². The van der Waals surface area contributed by atoms with E-state index in [-0.39, 0.29) is 11.2 Å². The van der Waals surface area contributed by atoms with E-state index in [1.54, 1.807) is 18.7 Å². The third-order valence-corrected chi connectivity index (χ3v) is 4.31. The zero-order valence-corrected chi connectivity index (χ0v) is 17.0. The molecule has 0 spiro atoms. The maximum Gasteiger partial charge on any atom is 0.332 e. The van der Waals surface area contributed by atoms with Crippen molar-refractivity contribution in [2.45, 2.75) is 32.5 Å². The van der Waals surface area contributed by atoms with Crippen molar-refractivity contribution >= 4 is 28.7 Å². The van der Waals surface area contributed by atoms with Crippen molar-refractivity contribution in [3.05, 3.63) is 27.2 Å². The molecule has 2 aromatic heterocycles.